The Balaban J connectivity index is 1.93. The zero-order valence-corrected chi connectivity index (χ0v) is 22.3. The Kier molecular flexibility index (Phi) is 8.76. The second kappa shape index (κ2) is 11.6. The molecule has 0 aromatic heterocycles. The molecule has 0 unspecified atom stereocenters. The van der Waals surface area contributed by atoms with Gasteiger partial charge in [0, 0.05) is 11.6 Å². The zero-order valence-electron chi connectivity index (χ0n) is 20.7. The molecule has 36 heavy (non-hydrogen) atoms. The molecule has 2 N–H and O–H groups in total. The maximum Gasteiger partial charge on any atom is 0.264 e. The van der Waals surface area contributed by atoms with Crippen LogP contribution < -0.4 is 14.9 Å². The molecule has 0 fully saturated rings. The first-order valence-electron chi connectivity index (χ1n) is 11.5. The number of hydrogen-bond acceptors (Lipinski definition) is 4. The summed E-state index contributed by atoms with van der Waals surface area (Å²) in [6, 6.07) is 17.6. The predicted molar refractivity (Wildman–Crippen MR) is 144 cm³/mol. The number of benzene rings is 3. The molecule has 0 radical (unpaired) electrons. The number of sulfonamides is 1. The smallest absolute Gasteiger partial charge is 0.264 e. The molecule has 9 heteroatoms. The molecule has 2 amide bonds. The van der Waals surface area contributed by atoms with E-state index in [-0.39, 0.29) is 16.7 Å². The summed E-state index contributed by atoms with van der Waals surface area (Å²) in [7, 11) is -4.10. The van der Waals surface area contributed by atoms with Crippen LogP contribution in [0.15, 0.2) is 71.6 Å². The standard InChI is InChI=1S/C27H30ClN3O4S/c1-18(2)16-29-27(33)24-7-5-6-8-25(24)30-26(32)17-31(22-12-9-19(3)20(4)15-22)36(34,35)23-13-10-21(28)11-14-23/h5-15,18H,16-17H2,1-4H3,(H,29,33)(H,30,32). The minimum absolute atomic E-state index is 0.00592. The molecule has 3 aromatic carbocycles. The van der Waals surface area contributed by atoms with E-state index < -0.39 is 22.5 Å². The molecule has 3 rings (SSSR count). The van der Waals surface area contributed by atoms with Gasteiger partial charge >= 0.3 is 0 Å². The van der Waals surface area contributed by atoms with Crippen molar-refractivity contribution < 1.29 is 18.0 Å². The number of carbonyl (C=O) groups excluding carboxylic acids is 2. The number of nitrogens with one attached hydrogen (secondary N) is 2. The monoisotopic (exact) mass is 527 g/mol. The molecule has 0 aliphatic rings. The van der Waals surface area contributed by atoms with E-state index in [1.54, 1.807) is 42.5 Å². The normalized spacial score (nSPS) is 11.3. The van der Waals surface area contributed by atoms with Gasteiger partial charge in [0.15, 0.2) is 0 Å². The molecule has 0 heterocycles. The van der Waals surface area contributed by atoms with Gasteiger partial charge in [-0.1, -0.05) is 43.6 Å². The summed E-state index contributed by atoms with van der Waals surface area (Å²) in [6.07, 6.45) is 0. The largest absolute Gasteiger partial charge is 0.352 e. The molecule has 0 spiro atoms. The second-order valence-corrected chi connectivity index (χ2v) is 11.2. The van der Waals surface area contributed by atoms with E-state index in [4.69, 9.17) is 11.6 Å². The van der Waals surface area contributed by atoms with Crippen molar-refractivity contribution >= 4 is 44.8 Å². The fourth-order valence-electron chi connectivity index (χ4n) is 3.43. The lowest BCUT2D eigenvalue weighted by Crippen LogP contribution is -2.38. The molecule has 0 aliphatic carbocycles. The van der Waals surface area contributed by atoms with Crippen LogP contribution >= 0.6 is 11.6 Å². The number of rotatable bonds is 9. The Bertz CT molecular complexity index is 1360. The fourth-order valence-corrected chi connectivity index (χ4v) is 4.97. The molecule has 0 atom stereocenters. The summed E-state index contributed by atoms with van der Waals surface area (Å²) >= 11 is 5.95. The Morgan fingerprint density at radius 2 is 1.61 bits per heavy atom. The zero-order chi connectivity index (χ0) is 26.5. The van der Waals surface area contributed by atoms with Crippen LogP contribution in [-0.4, -0.2) is 33.3 Å². The molecule has 0 saturated carbocycles. The van der Waals surface area contributed by atoms with Gasteiger partial charge in [0.05, 0.1) is 21.8 Å². The van der Waals surface area contributed by atoms with E-state index in [0.29, 0.717) is 28.5 Å². The van der Waals surface area contributed by atoms with E-state index in [1.165, 1.54) is 24.3 Å². The number of amides is 2. The van der Waals surface area contributed by atoms with Gasteiger partial charge in [0.1, 0.15) is 6.54 Å². The van der Waals surface area contributed by atoms with Crippen molar-refractivity contribution in [3.63, 3.8) is 0 Å². The van der Waals surface area contributed by atoms with Gasteiger partial charge in [0.2, 0.25) is 5.91 Å². The number of carbonyl (C=O) groups is 2. The highest BCUT2D eigenvalue weighted by atomic mass is 35.5. The molecule has 0 saturated heterocycles. The van der Waals surface area contributed by atoms with Crippen LogP contribution in [0.4, 0.5) is 11.4 Å². The SMILES string of the molecule is Cc1ccc(N(CC(=O)Nc2ccccc2C(=O)NCC(C)C)S(=O)(=O)c2ccc(Cl)cc2)cc1C. The molecule has 190 valence electrons. The minimum atomic E-state index is -4.10. The quantitative estimate of drug-likeness (QED) is 0.401. The number of halogens is 1. The van der Waals surface area contributed by atoms with Gasteiger partial charge in [-0.2, -0.15) is 0 Å². The van der Waals surface area contributed by atoms with Crippen LogP contribution in [0, 0.1) is 19.8 Å². The summed E-state index contributed by atoms with van der Waals surface area (Å²) in [5.41, 5.74) is 2.83. The van der Waals surface area contributed by atoms with E-state index in [0.717, 1.165) is 15.4 Å². The van der Waals surface area contributed by atoms with Crippen molar-refractivity contribution in [3.05, 3.63) is 88.4 Å². The number of aryl methyl sites for hydroxylation is 2. The lowest BCUT2D eigenvalue weighted by atomic mass is 10.1. The van der Waals surface area contributed by atoms with Crippen LogP contribution in [-0.2, 0) is 14.8 Å². The third-order valence-electron chi connectivity index (χ3n) is 5.58. The molecule has 3 aromatic rings. The van der Waals surface area contributed by atoms with E-state index in [9.17, 15) is 18.0 Å². The maximum atomic E-state index is 13.6. The van der Waals surface area contributed by atoms with Crippen LogP contribution in [0.1, 0.15) is 35.3 Å². The number of anilines is 2. The van der Waals surface area contributed by atoms with E-state index in [2.05, 4.69) is 10.6 Å². The van der Waals surface area contributed by atoms with Crippen LogP contribution in [0.25, 0.3) is 0 Å². The molecule has 0 bridgehead atoms. The van der Waals surface area contributed by atoms with Crippen molar-refractivity contribution in [2.75, 3.05) is 22.7 Å². The van der Waals surface area contributed by atoms with Gasteiger partial charge < -0.3 is 10.6 Å². The van der Waals surface area contributed by atoms with Crippen LogP contribution in [0.2, 0.25) is 5.02 Å². The molecular weight excluding hydrogens is 498 g/mol. The number of hydrogen-bond donors (Lipinski definition) is 2. The summed E-state index contributed by atoms with van der Waals surface area (Å²) in [6.45, 7) is 7.76. The molecule has 7 nitrogen and oxygen atoms in total. The predicted octanol–water partition coefficient (Wildman–Crippen LogP) is 5.18. The highest BCUT2D eigenvalue weighted by Crippen LogP contribution is 2.27. The summed E-state index contributed by atoms with van der Waals surface area (Å²) < 4.78 is 28.2. The minimum Gasteiger partial charge on any atom is -0.352 e. The van der Waals surface area contributed by atoms with Crippen LogP contribution in [0.3, 0.4) is 0 Å². The van der Waals surface area contributed by atoms with Gasteiger partial charge in [-0.25, -0.2) is 8.42 Å². The summed E-state index contributed by atoms with van der Waals surface area (Å²) in [5, 5.41) is 5.94. The van der Waals surface area contributed by atoms with Gasteiger partial charge in [-0.05, 0) is 79.4 Å². The second-order valence-electron chi connectivity index (χ2n) is 8.93. The summed E-state index contributed by atoms with van der Waals surface area (Å²) in [4.78, 5) is 25.8. The Hall–Kier alpha value is -3.36. The lowest BCUT2D eigenvalue weighted by molar-refractivity contribution is -0.114. The number of para-hydroxylation sites is 1. The van der Waals surface area contributed by atoms with Crippen molar-refractivity contribution in [3.8, 4) is 0 Å². The highest BCUT2D eigenvalue weighted by Gasteiger charge is 2.28. The van der Waals surface area contributed by atoms with E-state index >= 15 is 0 Å². The van der Waals surface area contributed by atoms with Crippen molar-refractivity contribution in [1.29, 1.82) is 0 Å². The lowest BCUT2D eigenvalue weighted by Gasteiger charge is -2.25. The van der Waals surface area contributed by atoms with Gasteiger partial charge in [-0.3, -0.25) is 13.9 Å². The first-order valence-corrected chi connectivity index (χ1v) is 13.3. The molecular formula is C27H30ClN3O4S. The first-order chi connectivity index (χ1) is 17.0. The topological polar surface area (TPSA) is 95.6 Å². The molecule has 0 aliphatic heterocycles. The Morgan fingerprint density at radius 3 is 2.25 bits per heavy atom. The maximum absolute atomic E-state index is 13.6. The van der Waals surface area contributed by atoms with Crippen LogP contribution in [0.5, 0.6) is 0 Å². The van der Waals surface area contributed by atoms with Gasteiger partial charge in [-0.15, -0.1) is 0 Å². The fraction of sp³-hybridized carbons (Fsp3) is 0.259. The summed E-state index contributed by atoms with van der Waals surface area (Å²) in [5.74, 6) is -0.644. The van der Waals surface area contributed by atoms with E-state index in [1.807, 2.05) is 27.7 Å². The third-order valence-corrected chi connectivity index (χ3v) is 7.62. The third kappa shape index (κ3) is 6.65. The van der Waals surface area contributed by atoms with Crippen molar-refractivity contribution in [2.45, 2.75) is 32.6 Å². The first kappa shape index (κ1) is 27.2. The van der Waals surface area contributed by atoms with Crippen molar-refractivity contribution in [1.82, 2.24) is 5.32 Å². The highest BCUT2D eigenvalue weighted by molar-refractivity contribution is 7.92. The van der Waals surface area contributed by atoms with Gasteiger partial charge in [0.25, 0.3) is 15.9 Å². The Morgan fingerprint density at radius 1 is 0.944 bits per heavy atom. The van der Waals surface area contributed by atoms with Crippen molar-refractivity contribution in [2.24, 2.45) is 5.92 Å². The average molecular weight is 528 g/mol. The average Bonchev–Trinajstić information content (AvgIpc) is 2.83. The Labute approximate surface area is 217 Å². The number of nitrogens with zero attached hydrogens (tertiary/aromatic N) is 1.